The normalized spacial score (nSPS) is 9.00. The predicted molar refractivity (Wildman–Crippen MR) is 48.5 cm³/mol. The summed E-state index contributed by atoms with van der Waals surface area (Å²) in [6.07, 6.45) is 0.956. The maximum absolute atomic E-state index is 5.54. The van der Waals surface area contributed by atoms with Gasteiger partial charge in [-0.25, -0.2) is 4.98 Å². The van der Waals surface area contributed by atoms with E-state index in [-0.39, 0.29) is 12.4 Å². The summed E-state index contributed by atoms with van der Waals surface area (Å²) < 4.78 is 0. The second-order valence-electron chi connectivity index (χ2n) is 1.80. The van der Waals surface area contributed by atoms with Crippen LogP contribution in [0.5, 0.6) is 0 Å². The Kier molecular flexibility index (Phi) is 5.04. The van der Waals surface area contributed by atoms with Crippen LogP contribution in [0.25, 0.3) is 0 Å². The highest BCUT2D eigenvalue weighted by Crippen LogP contribution is 2.12. The minimum atomic E-state index is 0. The molecule has 4 heteroatoms. The van der Waals surface area contributed by atoms with Crippen LogP contribution in [-0.4, -0.2) is 10.9 Å². The Morgan fingerprint density at radius 3 is 2.80 bits per heavy atom. The second kappa shape index (κ2) is 4.94. The SMILES string of the molecule is Cc1ncsc1CCCl.Cl. The van der Waals surface area contributed by atoms with Crippen molar-refractivity contribution in [3.05, 3.63) is 16.1 Å². The predicted octanol–water partition coefficient (Wildman–Crippen LogP) is 2.65. The number of nitrogens with zero attached hydrogens (tertiary/aromatic N) is 1. The second-order valence-corrected chi connectivity index (χ2v) is 3.12. The lowest BCUT2D eigenvalue weighted by Crippen LogP contribution is -1.83. The van der Waals surface area contributed by atoms with Crippen molar-refractivity contribution in [2.45, 2.75) is 13.3 Å². The summed E-state index contributed by atoms with van der Waals surface area (Å²) in [6.45, 7) is 2.01. The molecule has 1 nitrogen and oxygen atoms in total. The van der Waals surface area contributed by atoms with Crippen molar-refractivity contribution in [2.24, 2.45) is 0 Å². The van der Waals surface area contributed by atoms with Crippen molar-refractivity contribution in [2.75, 3.05) is 5.88 Å². The number of thiazole rings is 1. The lowest BCUT2D eigenvalue weighted by molar-refractivity contribution is 1.12. The minimum absolute atomic E-state index is 0. The van der Waals surface area contributed by atoms with E-state index in [4.69, 9.17) is 11.6 Å². The van der Waals surface area contributed by atoms with Crippen molar-refractivity contribution < 1.29 is 0 Å². The van der Waals surface area contributed by atoms with Crippen LogP contribution in [0.15, 0.2) is 5.51 Å². The van der Waals surface area contributed by atoms with E-state index >= 15 is 0 Å². The van der Waals surface area contributed by atoms with Gasteiger partial charge in [0.2, 0.25) is 0 Å². The fourth-order valence-corrected chi connectivity index (χ4v) is 1.73. The number of hydrogen-bond donors (Lipinski definition) is 0. The highest BCUT2D eigenvalue weighted by atomic mass is 35.5. The van der Waals surface area contributed by atoms with Crippen molar-refractivity contribution in [3.8, 4) is 0 Å². The van der Waals surface area contributed by atoms with Gasteiger partial charge < -0.3 is 0 Å². The zero-order chi connectivity index (χ0) is 6.69. The molecule has 58 valence electrons. The topological polar surface area (TPSA) is 12.9 Å². The van der Waals surface area contributed by atoms with Gasteiger partial charge in [-0.3, -0.25) is 0 Å². The summed E-state index contributed by atoms with van der Waals surface area (Å²) in [7, 11) is 0. The van der Waals surface area contributed by atoms with Crippen LogP contribution in [-0.2, 0) is 6.42 Å². The van der Waals surface area contributed by atoms with Gasteiger partial charge in [0.05, 0.1) is 11.2 Å². The van der Waals surface area contributed by atoms with Crippen LogP contribution in [0.3, 0.4) is 0 Å². The Bertz CT molecular complexity index is 188. The standard InChI is InChI=1S/C6H8ClNS.ClH/c1-5-6(2-3-7)9-4-8-5;/h4H,2-3H2,1H3;1H. The molecule has 0 aliphatic heterocycles. The molecule has 1 aromatic heterocycles. The molecule has 10 heavy (non-hydrogen) atoms. The monoisotopic (exact) mass is 197 g/mol. The van der Waals surface area contributed by atoms with Crippen molar-refractivity contribution >= 4 is 35.3 Å². The summed E-state index contributed by atoms with van der Waals surface area (Å²) >= 11 is 7.22. The molecule has 0 fully saturated rings. The molecular weight excluding hydrogens is 189 g/mol. The Morgan fingerprint density at radius 1 is 1.70 bits per heavy atom. The summed E-state index contributed by atoms with van der Waals surface area (Å²) in [5.74, 6) is 0.697. The van der Waals surface area contributed by atoms with Gasteiger partial charge in [0.15, 0.2) is 0 Å². The minimum Gasteiger partial charge on any atom is -0.250 e. The van der Waals surface area contributed by atoms with Crippen LogP contribution in [0.2, 0.25) is 0 Å². The molecular formula is C6H9Cl2NS. The molecule has 0 spiro atoms. The molecule has 1 heterocycles. The number of halogens is 2. The molecule has 0 unspecified atom stereocenters. The summed E-state index contributed by atoms with van der Waals surface area (Å²) in [4.78, 5) is 5.41. The third-order valence-corrected chi connectivity index (χ3v) is 2.35. The van der Waals surface area contributed by atoms with Gasteiger partial charge >= 0.3 is 0 Å². The largest absolute Gasteiger partial charge is 0.250 e. The van der Waals surface area contributed by atoms with E-state index in [0.29, 0.717) is 5.88 Å². The molecule has 0 aromatic carbocycles. The zero-order valence-electron chi connectivity index (χ0n) is 5.63. The first-order valence-corrected chi connectivity index (χ1v) is 4.21. The molecule has 0 bridgehead atoms. The van der Waals surface area contributed by atoms with Crippen LogP contribution < -0.4 is 0 Å². The zero-order valence-corrected chi connectivity index (χ0v) is 8.02. The number of aryl methyl sites for hydroxylation is 2. The quantitative estimate of drug-likeness (QED) is 0.665. The van der Waals surface area contributed by atoms with Crippen LogP contribution in [0, 0.1) is 6.92 Å². The molecule has 0 aliphatic carbocycles. The van der Waals surface area contributed by atoms with E-state index in [1.165, 1.54) is 4.88 Å². The molecule has 0 radical (unpaired) electrons. The van der Waals surface area contributed by atoms with E-state index in [2.05, 4.69) is 4.98 Å². The number of hydrogen-bond acceptors (Lipinski definition) is 2. The lowest BCUT2D eigenvalue weighted by atomic mass is 10.3. The van der Waals surface area contributed by atoms with Gasteiger partial charge in [-0.1, -0.05) is 0 Å². The first-order chi connectivity index (χ1) is 4.34. The summed E-state index contributed by atoms with van der Waals surface area (Å²) in [5, 5.41) is 0. The molecule has 0 amide bonds. The van der Waals surface area contributed by atoms with E-state index in [1.54, 1.807) is 11.3 Å². The van der Waals surface area contributed by atoms with Gasteiger partial charge in [0.1, 0.15) is 0 Å². The molecule has 1 rings (SSSR count). The van der Waals surface area contributed by atoms with Crippen LogP contribution in [0.1, 0.15) is 10.6 Å². The van der Waals surface area contributed by atoms with Gasteiger partial charge in [-0.15, -0.1) is 35.3 Å². The van der Waals surface area contributed by atoms with E-state index in [1.807, 2.05) is 12.4 Å². The van der Waals surface area contributed by atoms with E-state index < -0.39 is 0 Å². The van der Waals surface area contributed by atoms with Gasteiger partial charge in [-0.05, 0) is 13.3 Å². The highest BCUT2D eigenvalue weighted by Gasteiger charge is 1.97. The molecule has 0 saturated heterocycles. The molecule has 0 N–H and O–H groups in total. The van der Waals surface area contributed by atoms with Gasteiger partial charge in [0.25, 0.3) is 0 Å². The van der Waals surface area contributed by atoms with Gasteiger partial charge in [-0.2, -0.15) is 0 Å². The van der Waals surface area contributed by atoms with Crippen LogP contribution in [0.4, 0.5) is 0 Å². The Hall–Kier alpha value is 0.210. The Balaban J connectivity index is 0.000000810. The fraction of sp³-hybridized carbons (Fsp3) is 0.500. The average molecular weight is 198 g/mol. The molecule has 1 aromatic rings. The lowest BCUT2D eigenvalue weighted by Gasteiger charge is -1.89. The third-order valence-electron chi connectivity index (χ3n) is 1.17. The summed E-state index contributed by atoms with van der Waals surface area (Å²) in [6, 6.07) is 0. The third kappa shape index (κ3) is 2.45. The maximum atomic E-state index is 5.54. The first kappa shape index (κ1) is 10.2. The van der Waals surface area contributed by atoms with E-state index in [0.717, 1.165) is 12.1 Å². The van der Waals surface area contributed by atoms with Crippen molar-refractivity contribution in [1.29, 1.82) is 0 Å². The Labute approximate surface area is 75.8 Å². The molecule has 0 saturated carbocycles. The molecule has 0 aliphatic rings. The summed E-state index contributed by atoms with van der Waals surface area (Å²) in [5.41, 5.74) is 2.98. The van der Waals surface area contributed by atoms with Gasteiger partial charge in [0, 0.05) is 10.8 Å². The maximum Gasteiger partial charge on any atom is 0.0797 e. The average Bonchev–Trinajstić information content (AvgIpc) is 2.18. The molecule has 0 atom stereocenters. The fourth-order valence-electron chi connectivity index (χ4n) is 0.652. The van der Waals surface area contributed by atoms with Crippen molar-refractivity contribution in [1.82, 2.24) is 4.98 Å². The van der Waals surface area contributed by atoms with Crippen molar-refractivity contribution in [3.63, 3.8) is 0 Å². The highest BCUT2D eigenvalue weighted by molar-refractivity contribution is 7.09. The Morgan fingerprint density at radius 2 is 2.40 bits per heavy atom. The number of aromatic nitrogens is 1. The first-order valence-electron chi connectivity index (χ1n) is 2.79. The number of alkyl halides is 1. The number of rotatable bonds is 2. The van der Waals surface area contributed by atoms with E-state index in [9.17, 15) is 0 Å². The smallest absolute Gasteiger partial charge is 0.0797 e. The van der Waals surface area contributed by atoms with Crippen LogP contribution >= 0.6 is 35.3 Å².